The van der Waals surface area contributed by atoms with Gasteiger partial charge in [0, 0.05) is 13.0 Å². The third kappa shape index (κ3) is 4.30. The summed E-state index contributed by atoms with van der Waals surface area (Å²) in [7, 11) is 0. The van der Waals surface area contributed by atoms with Crippen LogP contribution in [0.1, 0.15) is 17.3 Å². The van der Waals surface area contributed by atoms with Crippen LogP contribution < -0.4 is 9.47 Å². The molecule has 0 heterocycles. The molecule has 1 aromatic carbocycles. The van der Waals surface area contributed by atoms with Gasteiger partial charge < -0.3 is 14.6 Å². The molecule has 0 radical (unpaired) electrons. The number of esters is 1. The van der Waals surface area contributed by atoms with Crippen molar-refractivity contribution in [3.8, 4) is 11.5 Å². The van der Waals surface area contributed by atoms with E-state index in [4.69, 9.17) is 5.11 Å². The lowest BCUT2D eigenvalue weighted by atomic mass is 10.2. The van der Waals surface area contributed by atoms with Crippen molar-refractivity contribution >= 4 is 11.9 Å². The number of rotatable bonds is 5. The van der Waals surface area contributed by atoms with Crippen molar-refractivity contribution in [2.45, 2.75) is 19.0 Å². The third-order valence-corrected chi connectivity index (χ3v) is 2.27. The maximum absolute atomic E-state index is 12.7. The Morgan fingerprint density at radius 1 is 1.18 bits per heavy atom. The molecule has 0 saturated carbocycles. The standard InChI is InChI=1S/C12H9F5O5/c1-6(18)22-9-4-7(2-3-8(9)10(19)20)21-5-11(13,14)12(15,16)17/h2-4H,5H2,1H3,(H,19,20). The molecule has 0 bridgehead atoms. The zero-order chi connectivity index (χ0) is 17.1. The molecule has 0 spiro atoms. The smallest absolute Gasteiger partial charge is 0.456 e. The van der Waals surface area contributed by atoms with Gasteiger partial charge in [0.1, 0.15) is 17.1 Å². The molecule has 5 nitrogen and oxygen atoms in total. The molecule has 1 N–H and O–H groups in total. The molecule has 0 aliphatic carbocycles. The van der Waals surface area contributed by atoms with Crippen LogP contribution in [0.4, 0.5) is 22.0 Å². The minimum atomic E-state index is -5.79. The van der Waals surface area contributed by atoms with E-state index in [0.717, 1.165) is 25.1 Å². The highest BCUT2D eigenvalue weighted by Gasteiger charge is 2.58. The molecule has 0 amide bonds. The number of carbonyl (C=O) groups is 2. The monoisotopic (exact) mass is 328 g/mol. The van der Waals surface area contributed by atoms with Crippen molar-refractivity contribution in [3.05, 3.63) is 23.8 Å². The second-order valence-electron chi connectivity index (χ2n) is 4.05. The Morgan fingerprint density at radius 2 is 1.77 bits per heavy atom. The van der Waals surface area contributed by atoms with Crippen LogP contribution in [0.2, 0.25) is 0 Å². The first-order valence-electron chi connectivity index (χ1n) is 5.57. The molecule has 1 aromatic rings. The SMILES string of the molecule is CC(=O)Oc1cc(OCC(F)(F)C(F)(F)F)ccc1C(=O)O. The van der Waals surface area contributed by atoms with Gasteiger partial charge in [-0.2, -0.15) is 22.0 Å². The van der Waals surface area contributed by atoms with Crippen LogP contribution in [0.5, 0.6) is 11.5 Å². The number of aromatic carboxylic acids is 1. The van der Waals surface area contributed by atoms with E-state index < -0.39 is 47.7 Å². The summed E-state index contributed by atoms with van der Waals surface area (Å²) < 4.78 is 70.2. The topological polar surface area (TPSA) is 72.8 Å². The van der Waals surface area contributed by atoms with Crippen molar-refractivity contribution in [2.24, 2.45) is 0 Å². The highest BCUT2D eigenvalue weighted by Crippen LogP contribution is 2.36. The second kappa shape index (κ2) is 6.16. The molecule has 0 aromatic heterocycles. The number of ether oxygens (including phenoxy) is 2. The van der Waals surface area contributed by atoms with Gasteiger partial charge in [0.15, 0.2) is 6.61 Å². The Kier molecular flexibility index (Phi) is 4.94. The summed E-state index contributed by atoms with van der Waals surface area (Å²) in [5.41, 5.74) is -0.481. The molecule has 0 atom stereocenters. The first-order valence-corrected chi connectivity index (χ1v) is 5.57. The predicted molar refractivity (Wildman–Crippen MR) is 61.2 cm³/mol. The van der Waals surface area contributed by atoms with Crippen molar-refractivity contribution < 1.29 is 46.1 Å². The van der Waals surface area contributed by atoms with E-state index in [-0.39, 0.29) is 0 Å². The summed E-state index contributed by atoms with van der Waals surface area (Å²) in [5.74, 6) is -8.51. The lowest BCUT2D eigenvalue weighted by Gasteiger charge is -2.20. The van der Waals surface area contributed by atoms with Crippen molar-refractivity contribution in [1.29, 1.82) is 0 Å². The van der Waals surface area contributed by atoms with Crippen LogP contribution in [-0.4, -0.2) is 35.8 Å². The normalized spacial score (nSPS) is 11.9. The maximum Gasteiger partial charge on any atom is 0.456 e. The Bertz CT molecular complexity index is 582. The largest absolute Gasteiger partial charge is 0.487 e. The number of alkyl halides is 5. The van der Waals surface area contributed by atoms with Gasteiger partial charge in [-0.1, -0.05) is 0 Å². The van der Waals surface area contributed by atoms with Crippen LogP contribution >= 0.6 is 0 Å². The average molecular weight is 328 g/mol. The zero-order valence-electron chi connectivity index (χ0n) is 10.9. The van der Waals surface area contributed by atoms with Crippen LogP contribution in [0.15, 0.2) is 18.2 Å². The molecule has 0 aliphatic heterocycles. The number of carbonyl (C=O) groups excluding carboxylic acids is 1. The van der Waals surface area contributed by atoms with Crippen LogP contribution in [-0.2, 0) is 4.79 Å². The van der Waals surface area contributed by atoms with Crippen molar-refractivity contribution in [3.63, 3.8) is 0 Å². The summed E-state index contributed by atoms with van der Waals surface area (Å²) in [6.45, 7) is -1.04. The van der Waals surface area contributed by atoms with E-state index >= 15 is 0 Å². The van der Waals surface area contributed by atoms with Gasteiger partial charge in [0.2, 0.25) is 0 Å². The Balaban J connectivity index is 2.98. The Morgan fingerprint density at radius 3 is 2.23 bits per heavy atom. The summed E-state index contributed by atoms with van der Waals surface area (Å²) >= 11 is 0. The minimum Gasteiger partial charge on any atom is -0.487 e. The highest BCUT2D eigenvalue weighted by atomic mass is 19.4. The first kappa shape index (κ1) is 17.7. The van der Waals surface area contributed by atoms with E-state index in [1.165, 1.54) is 0 Å². The summed E-state index contributed by atoms with van der Waals surface area (Å²) in [4.78, 5) is 21.7. The van der Waals surface area contributed by atoms with Gasteiger partial charge in [-0.25, -0.2) is 4.79 Å². The molecule has 0 unspecified atom stereocenters. The fraction of sp³-hybridized carbons (Fsp3) is 0.333. The maximum atomic E-state index is 12.7. The van der Waals surface area contributed by atoms with Crippen molar-refractivity contribution in [1.82, 2.24) is 0 Å². The van der Waals surface area contributed by atoms with Gasteiger partial charge >= 0.3 is 24.0 Å². The molecular formula is C12H9F5O5. The van der Waals surface area contributed by atoms with Crippen molar-refractivity contribution in [2.75, 3.05) is 6.61 Å². The molecule has 0 fully saturated rings. The molecule has 122 valence electrons. The third-order valence-electron chi connectivity index (χ3n) is 2.27. The quantitative estimate of drug-likeness (QED) is 0.511. The number of hydrogen-bond donors (Lipinski definition) is 1. The fourth-order valence-corrected chi connectivity index (χ4v) is 1.26. The van der Waals surface area contributed by atoms with Gasteiger partial charge in [-0.05, 0) is 12.1 Å². The number of carboxylic acids is 1. The molecule has 1 rings (SSSR count). The average Bonchev–Trinajstić information content (AvgIpc) is 2.34. The number of halogens is 5. The summed E-state index contributed by atoms with van der Waals surface area (Å²) in [5, 5.41) is 8.83. The summed E-state index contributed by atoms with van der Waals surface area (Å²) in [6, 6.07) is 2.45. The van der Waals surface area contributed by atoms with Gasteiger partial charge in [-0.3, -0.25) is 4.79 Å². The van der Waals surface area contributed by atoms with E-state index in [1.807, 2.05) is 0 Å². The summed E-state index contributed by atoms with van der Waals surface area (Å²) in [6.07, 6.45) is -5.79. The number of carboxylic acid groups (broad SMARTS) is 1. The van der Waals surface area contributed by atoms with E-state index in [1.54, 1.807) is 0 Å². The van der Waals surface area contributed by atoms with Crippen LogP contribution in [0, 0.1) is 0 Å². The second-order valence-corrected chi connectivity index (χ2v) is 4.05. The number of benzene rings is 1. The van der Waals surface area contributed by atoms with E-state index in [9.17, 15) is 31.5 Å². The predicted octanol–water partition coefficient (Wildman–Crippen LogP) is 2.89. The van der Waals surface area contributed by atoms with E-state index in [2.05, 4.69) is 9.47 Å². The Labute approximate surface area is 120 Å². The highest BCUT2D eigenvalue weighted by molar-refractivity contribution is 5.92. The van der Waals surface area contributed by atoms with Gasteiger partial charge in [-0.15, -0.1) is 0 Å². The zero-order valence-corrected chi connectivity index (χ0v) is 10.9. The molecule has 22 heavy (non-hydrogen) atoms. The molecule has 10 heteroatoms. The lowest BCUT2D eigenvalue weighted by Crippen LogP contribution is -2.41. The van der Waals surface area contributed by atoms with Gasteiger partial charge in [0.05, 0.1) is 0 Å². The molecule has 0 aliphatic rings. The fourth-order valence-electron chi connectivity index (χ4n) is 1.26. The number of hydrogen-bond acceptors (Lipinski definition) is 4. The lowest BCUT2D eigenvalue weighted by molar-refractivity contribution is -0.290. The van der Waals surface area contributed by atoms with Crippen LogP contribution in [0.25, 0.3) is 0 Å². The minimum absolute atomic E-state index is 0.481. The van der Waals surface area contributed by atoms with Crippen LogP contribution in [0.3, 0.4) is 0 Å². The molecule has 0 saturated heterocycles. The Hall–Kier alpha value is -2.39. The first-order chi connectivity index (χ1) is 9.94. The van der Waals surface area contributed by atoms with E-state index in [0.29, 0.717) is 0 Å². The van der Waals surface area contributed by atoms with Gasteiger partial charge in [0.25, 0.3) is 0 Å². The molecular weight excluding hydrogens is 319 g/mol.